The summed E-state index contributed by atoms with van der Waals surface area (Å²) in [5.74, 6) is -0.641. The molecule has 10 nitrogen and oxygen atoms in total. The molecule has 0 radical (unpaired) electrons. The van der Waals surface area contributed by atoms with Crippen LogP contribution < -0.4 is 27.2 Å². The van der Waals surface area contributed by atoms with Gasteiger partial charge in [-0.05, 0) is 75.4 Å². The summed E-state index contributed by atoms with van der Waals surface area (Å²) in [5.41, 5.74) is 0.988. The molecular weight excluding hydrogens is 532 g/mol. The number of fused-ring (bicyclic) bond motifs is 1. The number of amides is 2. The number of nitrogens with one attached hydrogen (secondary N) is 3. The maximum absolute atomic E-state index is 13.3. The van der Waals surface area contributed by atoms with Gasteiger partial charge in [-0.1, -0.05) is 11.6 Å². The number of hydrogen-bond acceptors (Lipinski definition) is 6. The summed E-state index contributed by atoms with van der Waals surface area (Å²) in [7, 11) is 0. The Morgan fingerprint density at radius 1 is 1.15 bits per heavy atom. The maximum Gasteiger partial charge on any atom is 0.331 e. The smallest absolute Gasteiger partial charge is 0.331 e. The zero-order valence-corrected chi connectivity index (χ0v) is 23.1. The largest absolute Gasteiger partial charge is 0.348 e. The van der Waals surface area contributed by atoms with Crippen LogP contribution in [0, 0.1) is 23.2 Å². The average molecular weight is 563 g/mol. The lowest BCUT2D eigenvalue weighted by atomic mass is 9.94. The molecule has 0 spiro atoms. The second-order valence-corrected chi connectivity index (χ2v) is 11.3. The van der Waals surface area contributed by atoms with E-state index in [-0.39, 0.29) is 45.7 Å². The van der Waals surface area contributed by atoms with E-state index in [0.29, 0.717) is 54.1 Å². The normalized spacial score (nSPS) is 18.9. The van der Waals surface area contributed by atoms with Gasteiger partial charge in [0.15, 0.2) is 0 Å². The van der Waals surface area contributed by atoms with Gasteiger partial charge in [0.1, 0.15) is 6.07 Å². The van der Waals surface area contributed by atoms with Crippen LogP contribution in [0.15, 0.2) is 46.0 Å². The van der Waals surface area contributed by atoms with Crippen LogP contribution in [0.4, 0.5) is 5.69 Å². The number of anilines is 1. The summed E-state index contributed by atoms with van der Waals surface area (Å²) in [6.07, 6.45) is 2.45. The van der Waals surface area contributed by atoms with E-state index >= 15 is 0 Å². The molecule has 1 aromatic heterocycles. The Hall–Kier alpha value is -3.94. The highest BCUT2D eigenvalue weighted by Crippen LogP contribution is 2.30. The molecule has 2 amide bonds. The quantitative estimate of drug-likeness (QED) is 0.405. The van der Waals surface area contributed by atoms with E-state index in [0.717, 1.165) is 12.8 Å². The topological polar surface area (TPSA) is 138 Å². The van der Waals surface area contributed by atoms with Gasteiger partial charge in [0, 0.05) is 43.0 Å². The third-order valence-electron chi connectivity index (χ3n) is 7.50. The van der Waals surface area contributed by atoms with E-state index in [9.17, 15) is 19.2 Å². The number of aromatic nitrogens is 2. The Bertz CT molecular complexity index is 1650. The number of rotatable bonds is 7. The second-order valence-electron chi connectivity index (χ2n) is 10.9. The number of nitrogens with zero attached hydrogens (tertiary/aromatic N) is 3. The Morgan fingerprint density at radius 2 is 1.93 bits per heavy atom. The van der Waals surface area contributed by atoms with Gasteiger partial charge in [0.2, 0.25) is 5.91 Å². The van der Waals surface area contributed by atoms with E-state index < -0.39 is 5.92 Å². The highest BCUT2D eigenvalue weighted by Gasteiger charge is 2.29. The Kier molecular flexibility index (Phi) is 7.79. The first-order chi connectivity index (χ1) is 19.2. The van der Waals surface area contributed by atoms with Gasteiger partial charge in [-0.2, -0.15) is 5.26 Å². The summed E-state index contributed by atoms with van der Waals surface area (Å²) >= 11 is 6.06. The van der Waals surface area contributed by atoms with Crippen molar-refractivity contribution in [3.8, 4) is 6.07 Å². The number of piperidine rings is 1. The van der Waals surface area contributed by atoms with Gasteiger partial charge in [-0.25, -0.2) is 4.79 Å². The minimum absolute atomic E-state index is 0.137. The number of hydrogen-bond donors (Lipinski definition) is 3. The van der Waals surface area contributed by atoms with Crippen molar-refractivity contribution < 1.29 is 9.59 Å². The van der Waals surface area contributed by atoms with Gasteiger partial charge in [0.25, 0.3) is 11.5 Å². The van der Waals surface area contributed by atoms with E-state index in [2.05, 4.69) is 16.0 Å². The third kappa shape index (κ3) is 5.67. The first-order valence-electron chi connectivity index (χ1n) is 13.5. The van der Waals surface area contributed by atoms with Crippen molar-refractivity contribution in [1.82, 2.24) is 19.8 Å². The predicted octanol–water partition coefficient (Wildman–Crippen LogP) is 3.03. The molecule has 2 aromatic carbocycles. The second kappa shape index (κ2) is 11.3. The lowest BCUT2D eigenvalue weighted by molar-refractivity contribution is -0.120. The van der Waals surface area contributed by atoms with Gasteiger partial charge < -0.3 is 16.0 Å². The molecule has 2 aliphatic rings. The monoisotopic (exact) mass is 562 g/mol. The highest BCUT2D eigenvalue weighted by molar-refractivity contribution is 6.32. The standard InChI is InChI=1S/C29H31ClN6O4/c1-16(2)36-25-8-7-21(11-23(25)28(39)35(29(36)40)15-17-3-4-17)33-27(38)20-9-22(14-32-13-20)34-26(37)18-5-6-19(12-31)24(30)10-18/h5-8,10-11,16-17,20,22,32H,3-4,9,13-15H2,1-2H3,(H,33,38)(H,34,37). The summed E-state index contributed by atoms with van der Waals surface area (Å²) in [6, 6.07) is 11.1. The number of halogens is 1. The van der Waals surface area contributed by atoms with Crippen LogP contribution >= 0.6 is 11.6 Å². The minimum Gasteiger partial charge on any atom is -0.348 e. The lowest BCUT2D eigenvalue weighted by Crippen LogP contribution is -2.51. The molecule has 0 bridgehead atoms. The fourth-order valence-corrected chi connectivity index (χ4v) is 5.41. The zero-order chi connectivity index (χ0) is 28.6. The Morgan fingerprint density at radius 3 is 2.60 bits per heavy atom. The highest BCUT2D eigenvalue weighted by atomic mass is 35.5. The molecule has 2 heterocycles. The lowest BCUT2D eigenvalue weighted by Gasteiger charge is -2.30. The Labute approximate surface area is 235 Å². The van der Waals surface area contributed by atoms with Crippen LogP contribution in [-0.2, 0) is 11.3 Å². The molecule has 1 saturated heterocycles. The van der Waals surface area contributed by atoms with Crippen molar-refractivity contribution in [3.05, 3.63) is 73.4 Å². The van der Waals surface area contributed by atoms with Gasteiger partial charge in [-0.15, -0.1) is 0 Å². The fourth-order valence-electron chi connectivity index (χ4n) is 5.19. The zero-order valence-electron chi connectivity index (χ0n) is 22.4. The van der Waals surface area contributed by atoms with E-state index in [1.165, 1.54) is 22.8 Å². The van der Waals surface area contributed by atoms with Gasteiger partial charge in [0.05, 0.1) is 27.4 Å². The first kappa shape index (κ1) is 27.6. The number of benzene rings is 2. The van der Waals surface area contributed by atoms with Crippen LogP contribution in [0.3, 0.4) is 0 Å². The molecule has 2 unspecified atom stereocenters. The van der Waals surface area contributed by atoms with E-state index in [1.54, 1.807) is 22.8 Å². The van der Waals surface area contributed by atoms with Crippen LogP contribution in [0.25, 0.3) is 10.9 Å². The van der Waals surface area contributed by atoms with Crippen molar-refractivity contribution in [2.45, 2.75) is 51.7 Å². The molecule has 2 fully saturated rings. The number of nitriles is 1. The van der Waals surface area contributed by atoms with Crippen molar-refractivity contribution in [2.75, 3.05) is 18.4 Å². The molecule has 1 saturated carbocycles. The molecular formula is C29H31ClN6O4. The summed E-state index contributed by atoms with van der Waals surface area (Å²) in [5, 5.41) is 18.7. The van der Waals surface area contributed by atoms with Crippen molar-refractivity contribution in [3.63, 3.8) is 0 Å². The van der Waals surface area contributed by atoms with Crippen LogP contribution in [-0.4, -0.2) is 40.1 Å². The van der Waals surface area contributed by atoms with Crippen molar-refractivity contribution in [1.29, 1.82) is 5.26 Å². The summed E-state index contributed by atoms with van der Waals surface area (Å²) in [4.78, 5) is 52.4. The third-order valence-corrected chi connectivity index (χ3v) is 7.81. The van der Waals surface area contributed by atoms with Crippen molar-refractivity contribution in [2.24, 2.45) is 11.8 Å². The molecule has 1 aliphatic heterocycles. The summed E-state index contributed by atoms with van der Waals surface area (Å²) in [6.45, 7) is 5.16. The van der Waals surface area contributed by atoms with E-state index in [4.69, 9.17) is 16.9 Å². The summed E-state index contributed by atoms with van der Waals surface area (Å²) < 4.78 is 2.95. The first-order valence-corrected chi connectivity index (χ1v) is 13.8. The Balaban J connectivity index is 1.31. The average Bonchev–Trinajstić information content (AvgIpc) is 3.75. The SMILES string of the molecule is CC(C)n1c(=O)n(CC2CC2)c(=O)c2cc(NC(=O)C3CNCC(NC(=O)c4ccc(C#N)c(Cl)c4)C3)ccc21. The van der Waals surface area contributed by atoms with E-state index in [1.807, 2.05) is 19.9 Å². The molecule has 1 aliphatic carbocycles. The fraction of sp³-hybridized carbons (Fsp3) is 0.414. The molecule has 5 rings (SSSR count). The molecule has 3 aromatic rings. The van der Waals surface area contributed by atoms with Crippen LogP contribution in [0.5, 0.6) is 0 Å². The number of carbonyl (C=O) groups is 2. The van der Waals surface area contributed by atoms with Crippen LogP contribution in [0.2, 0.25) is 5.02 Å². The van der Waals surface area contributed by atoms with Gasteiger partial charge in [-0.3, -0.25) is 23.5 Å². The molecule has 208 valence electrons. The number of carbonyl (C=O) groups excluding carboxylic acids is 2. The predicted molar refractivity (Wildman–Crippen MR) is 153 cm³/mol. The van der Waals surface area contributed by atoms with Gasteiger partial charge >= 0.3 is 5.69 Å². The molecule has 2 atom stereocenters. The minimum atomic E-state index is -0.421. The molecule has 11 heteroatoms. The van der Waals surface area contributed by atoms with Crippen molar-refractivity contribution >= 4 is 40.0 Å². The van der Waals surface area contributed by atoms with Crippen LogP contribution in [0.1, 0.15) is 55.1 Å². The molecule has 3 N–H and O–H groups in total. The maximum atomic E-state index is 13.3. The molecule has 40 heavy (non-hydrogen) atoms.